The molecule has 0 aliphatic heterocycles. The van der Waals surface area contributed by atoms with Gasteiger partial charge in [-0.1, -0.05) is 43.0 Å². The first-order valence-electron chi connectivity index (χ1n) is 5.92. The maximum absolute atomic E-state index is 5.45. The lowest BCUT2D eigenvalue weighted by molar-refractivity contribution is 0.0855. The third-order valence-electron chi connectivity index (χ3n) is 2.75. The number of nitrogens with one attached hydrogen (secondary N) is 1. The topological polar surface area (TPSA) is 21.3 Å². The summed E-state index contributed by atoms with van der Waals surface area (Å²) in [6.45, 7) is 11.6. The molecule has 0 aromatic heterocycles. The number of hydrogen-bond donors (Lipinski definition) is 1. The first kappa shape index (κ1) is 14.3. The molecule has 2 nitrogen and oxygen atoms in total. The monoisotopic (exact) mass is 243 g/mol. The minimum atomic E-state index is -0.153. The molecule has 0 radical (unpaired) electrons. The second-order valence-electron chi connectivity index (χ2n) is 4.25. The van der Waals surface area contributed by atoms with Crippen molar-refractivity contribution in [1.82, 2.24) is 5.32 Å². The number of rotatable bonds is 6. The number of benzene rings is 1. The van der Waals surface area contributed by atoms with Crippen LogP contribution in [-0.4, -0.2) is 7.11 Å². The molecule has 1 aromatic carbocycles. The van der Waals surface area contributed by atoms with Crippen LogP contribution in [0.25, 0.3) is 0 Å². The van der Waals surface area contributed by atoms with Crippen LogP contribution in [-0.2, 0) is 4.74 Å². The van der Waals surface area contributed by atoms with Gasteiger partial charge in [-0.05, 0) is 37.3 Å². The molecule has 0 amide bonds. The molecule has 0 fully saturated rings. The first-order chi connectivity index (χ1) is 8.58. The third kappa shape index (κ3) is 3.90. The quantitative estimate of drug-likeness (QED) is 0.606. The van der Waals surface area contributed by atoms with Crippen molar-refractivity contribution in [2.24, 2.45) is 0 Å². The van der Waals surface area contributed by atoms with E-state index in [4.69, 9.17) is 4.74 Å². The van der Waals surface area contributed by atoms with Crippen LogP contribution < -0.4 is 5.32 Å². The first-order valence-corrected chi connectivity index (χ1v) is 5.92. The van der Waals surface area contributed by atoms with Crippen molar-refractivity contribution in [2.45, 2.75) is 20.1 Å². The Kier molecular flexibility index (Phi) is 5.40. The number of aryl methyl sites for hydroxylation is 2. The fraction of sp³-hybridized carbons (Fsp3) is 0.250. The van der Waals surface area contributed by atoms with Crippen molar-refractivity contribution in [1.29, 1.82) is 0 Å². The van der Waals surface area contributed by atoms with Crippen molar-refractivity contribution < 1.29 is 4.74 Å². The normalized spacial score (nSPS) is 12.4. The van der Waals surface area contributed by atoms with E-state index in [0.29, 0.717) is 0 Å². The zero-order chi connectivity index (χ0) is 13.5. The molecule has 0 aliphatic rings. The second kappa shape index (κ2) is 6.82. The molecule has 18 heavy (non-hydrogen) atoms. The molecule has 1 N–H and O–H groups in total. The minimum Gasteiger partial charge on any atom is -0.362 e. The number of hydrogen-bond acceptors (Lipinski definition) is 2. The van der Waals surface area contributed by atoms with E-state index in [1.54, 1.807) is 13.2 Å². The lowest BCUT2D eigenvalue weighted by Gasteiger charge is -2.18. The molecule has 0 spiro atoms. The summed E-state index contributed by atoms with van der Waals surface area (Å²) in [7, 11) is 1.69. The predicted octanol–water partition coefficient (Wildman–Crippen LogP) is 3.79. The van der Waals surface area contributed by atoms with Gasteiger partial charge in [0, 0.05) is 12.7 Å². The molecule has 1 aromatic rings. The Morgan fingerprint density at radius 3 is 2.67 bits per heavy atom. The van der Waals surface area contributed by atoms with Gasteiger partial charge in [0.1, 0.15) is 0 Å². The molecule has 0 aliphatic carbocycles. The molecule has 2 heteroatoms. The Balaban J connectivity index is 2.80. The zero-order valence-electron chi connectivity index (χ0n) is 11.4. The molecule has 96 valence electrons. The third-order valence-corrected chi connectivity index (χ3v) is 2.75. The van der Waals surface area contributed by atoms with Crippen LogP contribution in [0, 0.1) is 13.8 Å². The summed E-state index contributed by atoms with van der Waals surface area (Å²) in [6.07, 6.45) is 5.25. The fourth-order valence-corrected chi connectivity index (χ4v) is 1.72. The highest BCUT2D eigenvalue weighted by atomic mass is 16.5. The van der Waals surface area contributed by atoms with Crippen molar-refractivity contribution >= 4 is 0 Å². The van der Waals surface area contributed by atoms with Crippen LogP contribution in [0.4, 0.5) is 0 Å². The van der Waals surface area contributed by atoms with E-state index in [0.717, 1.165) is 11.1 Å². The van der Waals surface area contributed by atoms with Gasteiger partial charge in [0.2, 0.25) is 0 Å². The van der Waals surface area contributed by atoms with Gasteiger partial charge in [0.05, 0.1) is 0 Å². The van der Waals surface area contributed by atoms with E-state index in [1.807, 2.05) is 12.3 Å². The summed E-state index contributed by atoms with van der Waals surface area (Å²) in [6, 6.07) is 6.32. The van der Waals surface area contributed by atoms with E-state index in [-0.39, 0.29) is 6.23 Å². The lowest BCUT2D eigenvalue weighted by Crippen LogP contribution is -2.18. The number of ether oxygens (including phenoxy) is 1. The highest BCUT2D eigenvalue weighted by molar-refractivity contribution is 5.32. The van der Waals surface area contributed by atoms with Gasteiger partial charge in [0.15, 0.2) is 6.23 Å². The highest BCUT2D eigenvalue weighted by Crippen LogP contribution is 2.19. The van der Waals surface area contributed by atoms with Crippen LogP contribution in [0.2, 0.25) is 0 Å². The molecular formula is C16H21NO. The van der Waals surface area contributed by atoms with Crippen molar-refractivity contribution in [3.05, 3.63) is 72.0 Å². The van der Waals surface area contributed by atoms with E-state index >= 15 is 0 Å². The zero-order valence-corrected chi connectivity index (χ0v) is 11.4. The predicted molar refractivity (Wildman–Crippen MR) is 77.3 cm³/mol. The standard InChI is InChI=1S/C16H21NO/c1-6-12(2)9-10-17-16(18-5)15-8-7-13(3)11-14(15)4/h6-11,16-17H,1-2H2,3-5H3/b10-9-/t16-/m1/s1. The van der Waals surface area contributed by atoms with Gasteiger partial charge in [-0.2, -0.15) is 0 Å². The van der Waals surface area contributed by atoms with Gasteiger partial charge in [-0.3, -0.25) is 0 Å². The van der Waals surface area contributed by atoms with Crippen LogP contribution in [0.5, 0.6) is 0 Å². The van der Waals surface area contributed by atoms with E-state index < -0.39 is 0 Å². The summed E-state index contributed by atoms with van der Waals surface area (Å²) in [4.78, 5) is 0. The molecule has 0 bridgehead atoms. The fourth-order valence-electron chi connectivity index (χ4n) is 1.72. The molecule has 0 heterocycles. The average Bonchev–Trinajstić information content (AvgIpc) is 2.35. The Labute approximate surface area is 110 Å². The summed E-state index contributed by atoms with van der Waals surface area (Å²) < 4.78 is 5.45. The van der Waals surface area contributed by atoms with Gasteiger partial charge in [-0.15, -0.1) is 0 Å². The summed E-state index contributed by atoms with van der Waals surface area (Å²) in [5, 5.41) is 3.20. The number of allylic oxidation sites excluding steroid dienone is 3. The van der Waals surface area contributed by atoms with E-state index in [1.165, 1.54) is 11.1 Å². The van der Waals surface area contributed by atoms with Crippen LogP contribution in [0.1, 0.15) is 22.9 Å². The Morgan fingerprint density at radius 2 is 2.11 bits per heavy atom. The summed E-state index contributed by atoms with van der Waals surface area (Å²) in [5.41, 5.74) is 4.46. The highest BCUT2D eigenvalue weighted by Gasteiger charge is 2.10. The van der Waals surface area contributed by atoms with Crippen molar-refractivity contribution in [3.8, 4) is 0 Å². The van der Waals surface area contributed by atoms with Crippen LogP contribution in [0.15, 0.2) is 55.3 Å². The molecule has 0 unspecified atom stereocenters. The summed E-state index contributed by atoms with van der Waals surface area (Å²) >= 11 is 0. The van der Waals surface area contributed by atoms with Crippen molar-refractivity contribution in [2.75, 3.05) is 7.11 Å². The van der Waals surface area contributed by atoms with Gasteiger partial charge in [0.25, 0.3) is 0 Å². The Bertz CT molecular complexity index is 460. The smallest absolute Gasteiger partial charge is 0.153 e. The Morgan fingerprint density at radius 1 is 1.39 bits per heavy atom. The van der Waals surface area contributed by atoms with Crippen LogP contribution in [0.3, 0.4) is 0 Å². The largest absolute Gasteiger partial charge is 0.362 e. The molecule has 0 saturated heterocycles. The van der Waals surface area contributed by atoms with Crippen LogP contribution >= 0.6 is 0 Å². The lowest BCUT2D eigenvalue weighted by atomic mass is 10.0. The van der Waals surface area contributed by atoms with Gasteiger partial charge >= 0.3 is 0 Å². The van der Waals surface area contributed by atoms with E-state index in [9.17, 15) is 0 Å². The molecule has 1 atom stereocenters. The van der Waals surface area contributed by atoms with Gasteiger partial charge < -0.3 is 10.1 Å². The second-order valence-corrected chi connectivity index (χ2v) is 4.25. The molecule has 0 saturated carbocycles. The van der Waals surface area contributed by atoms with E-state index in [2.05, 4.69) is 50.5 Å². The number of methoxy groups -OCH3 is 1. The maximum Gasteiger partial charge on any atom is 0.153 e. The Hall–Kier alpha value is -1.80. The molecular weight excluding hydrogens is 222 g/mol. The average molecular weight is 243 g/mol. The SMILES string of the molecule is C=CC(=C)/C=C\N[C@H](OC)c1ccc(C)cc1C. The van der Waals surface area contributed by atoms with Crippen molar-refractivity contribution in [3.63, 3.8) is 0 Å². The molecule has 1 rings (SSSR count). The van der Waals surface area contributed by atoms with Gasteiger partial charge in [-0.25, -0.2) is 0 Å². The minimum absolute atomic E-state index is 0.153. The summed E-state index contributed by atoms with van der Waals surface area (Å²) in [5.74, 6) is 0. The maximum atomic E-state index is 5.45.